The summed E-state index contributed by atoms with van der Waals surface area (Å²) in [6.45, 7) is 7.67. The van der Waals surface area contributed by atoms with Gasteiger partial charge in [0.1, 0.15) is 0 Å². The van der Waals surface area contributed by atoms with E-state index in [0.29, 0.717) is 42.8 Å². The second kappa shape index (κ2) is 7.43. The number of halogens is 2. The van der Waals surface area contributed by atoms with Crippen molar-refractivity contribution in [1.82, 2.24) is 9.55 Å². The van der Waals surface area contributed by atoms with Gasteiger partial charge in [0.25, 0.3) is 5.56 Å². The quantitative estimate of drug-likeness (QED) is 0.453. The molecule has 1 aromatic carbocycles. The van der Waals surface area contributed by atoms with Crippen LogP contribution in [0.25, 0.3) is 22.3 Å². The summed E-state index contributed by atoms with van der Waals surface area (Å²) in [6, 6.07) is 4.44. The number of rotatable bonds is 3. The molecule has 6 rings (SSSR count). The molecule has 4 heterocycles. The summed E-state index contributed by atoms with van der Waals surface area (Å²) >= 11 is 0. The van der Waals surface area contributed by atoms with Gasteiger partial charge >= 0.3 is 0 Å². The Morgan fingerprint density at radius 2 is 1.85 bits per heavy atom. The van der Waals surface area contributed by atoms with Crippen molar-refractivity contribution < 1.29 is 18.3 Å². The van der Waals surface area contributed by atoms with Crippen molar-refractivity contribution in [2.75, 3.05) is 13.2 Å². The fraction of sp³-hybridized carbons (Fsp3) is 0.423. The summed E-state index contributed by atoms with van der Waals surface area (Å²) in [4.78, 5) is 18.4. The lowest BCUT2D eigenvalue weighted by Gasteiger charge is -2.23. The molecule has 3 aromatic rings. The molecule has 0 bridgehead atoms. The lowest BCUT2D eigenvalue weighted by atomic mass is 9.89. The van der Waals surface area contributed by atoms with Crippen LogP contribution in [0.4, 0.5) is 8.78 Å². The molecule has 5 nitrogen and oxygen atoms in total. The highest BCUT2D eigenvalue weighted by molar-refractivity contribution is 5.88. The predicted octanol–water partition coefficient (Wildman–Crippen LogP) is 4.70. The summed E-state index contributed by atoms with van der Waals surface area (Å²) in [7, 11) is 0. The molecule has 3 aliphatic rings. The first-order valence-electron chi connectivity index (χ1n) is 11.6. The lowest BCUT2D eigenvalue weighted by molar-refractivity contribution is -0.0762. The number of aromatic nitrogens is 2. The number of nitrogens with zero attached hydrogens (tertiary/aromatic N) is 2. The number of hydrogen-bond acceptors (Lipinski definition) is 4. The van der Waals surface area contributed by atoms with Crippen LogP contribution in [0, 0.1) is 23.5 Å². The minimum Gasteiger partial charge on any atom is -0.350 e. The molecule has 2 aliphatic heterocycles. The fourth-order valence-corrected chi connectivity index (χ4v) is 5.90. The molecule has 0 saturated carbocycles. The highest BCUT2D eigenvalue weighted by atomic mass is 19.2. The van der Waals surface area contributed by atoms with Gasteiger partial charge < -0.3 is 14.0 Å². The van der Waals surface area contributed by atoms with Crippen molar-refractivity contribution in [2.45, 2.75) is 52.4 Å². The molecule has 2 aromatic heterocycles. The monoisotopic (exact) mass is 451 g/mol. The lowest BCUT2D eigenvalue weighted by Crippen LogP contribution is -2.26. The van der Waals surface area contributed by atoms with Crippen LogP contribution < -0.4 is 5.56 Å². The van der Waals surface area contributed by atoms with E-state index in [4.69, 9.17) is 14.5 Å². The van der Waals surface area contributed by atoms with E-state index in [1.807, 2.05) is 13.8 Å². The third kappa shape index (κ3) is 2.95. The van der Waals surface area contributed by atoms with Crippen LogP contribution in [-0.2, 0) is 22.4 Å². The summed E-state index contributed by atoms with van der Waals surface area (Å²) in [5.74, 6) is -0.540. The molecule has 1 unspecified atom stereocenters. The SMILES string of the molecule is CC[C]1c2cc3n(c(=O)c2CC1C1OCCO1)Cc1c-3nc2cc(F)c(F)cc2c1C(C)C. The van der Waals surface area contributed by atoms with Crippen molar-refractivity contribution in [3.05, 3.63) is 68.4 Å². The molecule has 7 heteroatoms. The van der Waals surface area contributed by atoms with Crippen molar-refractivity contribution >= 4 is 10.9 Å². The number of hydrogen-bond donors (Lipinski definition) is 0. The maximum atomic E-state index is 14.1. The first-order valence-corrected chi connectivity index (χ1v) is 11.6. The Kier molecular flexibility index (Phi) is 4.72. The first-order chi connectivity index (χ1) is 15.9. The maximum absolute atomic E-state index is 14.1. The second-order valence-corrected chi connectivity index (χ2v) is 9.40. The first kappa shape index (κ1) is 20.9. The molecule has 1 saturated heterocycles. The van der Waals surface area contributed by atoms with E-state index in [2.05, 4.69) is 13.0 Å². The van der Waals surface area contributed by atoms with E-state index >= 15 is 0 Å². The third-order valence-corrected chi connectivity index (χ3v) is 7.28. The smallest absolute Gasteiger partial charge is 0.254 e. The molecule has 33 heavy (non-hydrogen) atoms. The molecule has 1 atom stereocenters. The van der Waals surface area contributed by atoms with Gasteiger partial charge in [-0.3, -0.25) is 4.79 Å². The number of ether oxygens (including phenoxy) is 2. The Morgan fingerprint density at radius 3 is 2.55 bits per heavy atom. The zero-order chi connectivity index (χ0) is 23.0. The van der Waals surface area contributed by atoms with Crippen LogP contribution in [0.3, 0.4) is 0 Å². The van der Waals surface area contributed by atoms with Gasteiger partial charge in [0.15, 0.2) is 17.9 Å². The molecule has 0 N–H and O–H groups in total. The van der Waals surface area contributed by atoms with E-state index in [9.17, 15) is 13.6 Å². The van der Waals surface area contributed by atoms with Gasteiger partial charge in [-0.2, -0.15) is 0 Å². The van der Waals surface area contributed by atoms with Gasteiger partial charge in [-0.15, -0.1) is 0 Å². The van der Waals surface area contributed by atoms with Crippen molar-refractivity contribution in [3.63, 3.8) is 0 Å². The number of fused-ring (bicyclic) bond motifs is 5. The average Bonchev–Trinajstić information content (AvgIpc) is 3.50. The minimum atomic E-state index is -0.921. The van der Waals surface area contributed by atoms with Crippen molar-refractivity contribution in [2.24, 2.45) is 5.92 Å². The molecule has 1 fully saturated rings. The summed E-state index contributed by atoms with van der Waals surface area (Å²) in [5, 5.41) is 0.604. The summed E-state index contributed by atoms with van der Waals surface area (Å²) in [6.07, 6.45) is 1.08. The largest absolute Gasteiger partial charge is 0.350 e. The Hall–Kier alpha value is -2.64. The van der Waals surface area contributed by atoms with Crippen molar-refractivity contribution in [3.8, 4) is 11.4 Å². The normalized spacial score (nSPS) is 20.1. The molecule has 171 valence electrons. The molecule has 1 radical (unpaired) electrons. The van der Waals surface area contributed by atoms with Gasteiger partial charge in [-0.25, -0.2) is 13.8 Å². The second-order valence-electron chi connectivity index (χ2n) is 9.40. The number of benzene rings is 1. The summed E-state index contributed by atoms with van der Waals surface area (Å²) < 4.78 is 41.5. The molecular formula is C26H25F2N2O3. The van der Waals surface area contributed by atoms with Crippen LogP contribution in [-0.4, -0.2) is 29.1 Å². The molecular weight excluding hydrogens is 426 g/mol. The fourth-order valence-electron chi connectivity index (χ4n) is 5.90. The average molecular weight is 451 g/mol. The highest BCUT2D eigenvalue weighted by Crippen LogP contribution is 2.45. The standard InChI is InChI=1S/C26H25F2N2O3/c1-4-13-14-9-22-24-18(23(12(2)3)17-8-19(27)20(28)10-21(17)29-24)11-30(22)25(31)15(14)7-16(13)26-32-5-6-33-26/h8-10,12,16,26H,4-7,11H2,1-3H3. The maximum Gasteiger partial charge on any atom is 0.254 e. The zero-order valence-corrected chi connectivity index (χ0v) is 18.9. The topological polar surface area (TPSA) is 53.4 Å². The van der Waals surface area contributed by atoms with E-state index < -0.39 is 11.6 Å². The van der Waals surface area contributed by atoms with Crippen LogP contribution in [0.15, 0.2) is 23.0 Å². The van der Waals surface area contributed by atoms with Gasteiger partial charge in [-0.1, -0.05) is 20.8 Å². The zero-order valence-electron chi connectivity index (χ0n) is 18.9. The van der Waals surface area contributed by atoms with Crippen molar-refractivity contribution in [1.29, 1.82) is 0 Å². The third-order valence-electron chi connectivity index (χ3n) is 7.28. The van der Waals surface area contributed by atoms with Gasteiger partial charge in [-0.05, 0) is 42.0 Å². The Morgan fingerprint density at radius 1 is 1.12 bits per heavy atom. The summed E-state index contributed by atoms with van der Waals surface area (Å²) in [5.41, 5.74) is 5.39. The predicted molar refractivity (Wildman–Crippen MR) is 120 cm³/mol. The van der Waals surface area contributed by atoms with Gasteiger partial charge in [0.2, 0.25) is 0 Å². The van der Waals surface area contributed by atoms with Crippen LogP contribution in [0.1, 0.15) is 55.4 Å². The molecule has 0 amide bonds. The minimum absolute atomic E-state index is 0.0249. The molecule has 1 aliphatic carbocycles. The molecule has 0 spiro atoms. The Balaban J connectivity index is 1.56. The van der Waals surface area contributed by atoms with E-state index in [1.54, 1.807) is 4.57 Å². The number of pyridine rings is 2. The van der Waals surface area contributed by atoms with Gasteiger partial charge in [0, 0.05) is 34.4 Å². The Labute approximate surface area is 190 Å². The highest BCUT2D eigenvalue weighted by Gasteiger charge is 2.43. The van der Waals surface area contributed by atoms with E-state index in [-0.39, 0.29) is 23.7 Å². The van der Waals surface area contributed by atoms with Crippen LogP contribution in [0.5, 0.6) is 0 Å². The van der Waals surface area contributed by atoms with Crippen LogP contribution >= 0.6 is 0 Å². The van der Waals surface area contributed by atoms with E-state index in [0.717, 1.165) is 40.4 Å². The Bertz CT molecular complexity index is 1360. The van der Waals surface area contributed by atoms with Gasteiger partial charge in [0.05, 0.1) is 36.7 Å². The van der Waals surface area contributed by atoms with Crippen LogP contribution in [0.2, 0.25) is 0 Å². The van der Waals surface area contributed by atoms with E-state index in [1.165, 1.54) is 12.0 Å².